The number of hydrogen-bond acceptors (Lipinski definition) is 4. The highest BCUT2D eigenvalue weighted by molar-refractivity contribution is 5.83. The third-order valence-corrected chi connectivity index (χ3v) is 4.90. The molecule has 2 aromatic carbocycles. The van der Waals surface area contributed by atoms with Crippen molar-refractivity contribution >= 4 is 11.9 Å². The molecular weight excluding hydrogens is 346 g/mol. The number of aliphatic carboxylic acids is 1. The minimum atomic E-state index is -0.886. The zero-order chi connectivity index (χ0) is 19.4. The molecule has 1 heterocycles. The van der Waals surface area contributed by atoms with Gasteiger partial charge in [-0.05, 0) is 36.8 Å². The highest BCUT2D eigenvalue weighted by Crippen LogP contribution is 2.33. The number of carbonyl (C=O) groups is 2. The van der Waals surface area contributed by atoms with Gasteiger partial charge in [0.25, 0.3) is 5.91 Å². The predicted molar refractivity (Wildman–Crippen MR) is 100.0 cm³/mol. The molecule has 6 heteroatoms. The first-order chi connectivity index (χ1) is 13.0. The number of likely N-dealkylation sites (tertiary alicyclic amines) is 1. The lowest BCUT2D eigenvalue weighted by molar-refractivity contribution is -0.142. The van der Waals surface area contributed by atoms with Crippen molar-refractivity contribution in [2.75, 3.05) is 20.2 Å². The number of benzene rings is 2. The minimum absolute atomic E-state index is 0.185. The van der Waals surface area contributed by atoms with Gasteiger partial charge in [0.05, 0.1) is 13.0 Å². The van der Waals surface area contributed by atoms with E-state index in [1.54, 1.807) is 43.2 Å². The number of carboxylic acid groups (broad SMARTS) is 1. The van der Waals surface area contributed by atoms with E-state index in [2.05, 4.69) is 0 Å². The predicted octanol–water partition coefficient (Wildman–Crippen LogP) is 2.79. The number of amides is 1. The molecule has 142 valence electrons. The number of methoxy groups -OCH3 is 1. The fourth-order valence-corrected chi connectivity index (χ4v) is 3.44. The molecule has 1 amide bonds. The van der Waals surface area contributed by atoms with E-state index < -0.39 is 18.0 Å². The Labute approximate surface area is 158 Å². The molecule has 1 fully saturated rings. The Morgan fingerprint density at radius 2 is 1.67 bits per heavy atom. The molecule has 1 unspecified atom stereocenters. The van der Waals surface area contributed by atoms with Crippen LogP contribution in [0.3, 0.4) is 0 Å². The lowest BCUT2D eigenvalue weighted by Gasteiger charge is -2.22. The average Bonchev–Trinajstić information content (AvgIpc) is 3.14. The van der Waals surface area contributed by atoms with Crippen LogP contribution in [0.15, 0.2) is 54.6 Å². The maximum absolute atomic E-state index is 12.8. The molecule has 0 aromatic heterocycles. The normalized spacial score (nSPS) is 20.1. The lowest BCUT2D eigenvalue weighted by Crippen LogP contribution is -2.39. The molecule has 0 spiro atoms. The first kappa shape index (κ1) is 18.8. The monoisotopic (exact) mass is 369 g/mol. The standard InChI is InChI=1S/C21H23NO5/c1-14(27-17-10-8-16(26-2)9-11-17)20(23)22-12-18(19(13-22)21(24)25)15-6-4-3-5-7-15/h3-11,14,18-19H,12-13H2,1-2H3,(H,24,25)/t14?,18-,19-/m0/s1. The van der Waals surface area contributed by atoms with Gasteiger partial charge in [0.1, 0.15) is 11.5 Å². The van der Waals surface area contributed by atoms with Gasteiger partial charge in [0.15, 0.2) is 6.10 Å². The maximum atomic E-state index is 12.8. The summed E-state index contributed by atoms with van der Waals surface area (Å²) in [6.07, 6.45) is -0.706. The first-order valence-electron chi connectivity index (χ1n) is 8.87. The summed E-state index contributed by atoms with van der Waals surface area (Å²) >= 11 is 0. The van der Waals surface area contributed by atoms with Crippen molar-refractivity contribution in [1.29, 1.82) is 0 Å². The zero-order valence-corrected chi connectivity index (χ0v) is 15.4. The molecule has 27 heavy (non-hydrogen) atoms. The molecular formula is C21H23NO5. The third-order valence-electron chi connectivity index (χ3n) is 4.90. The topological polar surface area (TPSA) is 76.1 Å². The summed E-state index contributed by atoms with van der Waals surface area (Å²) in [5.74, 6) is -0.676. The Hall–Kier alpha value is -3.02. The van der Waals surface area contributed by atoms with Gasteiger partial charge in [0, 0.05) is 19.0 Å². The van der Waals surface area contributed by atoms with E-state index >= 15 is 0 Å². The van der Waals surface area contributed by atoms with Crippen LogP contribution >= 0.6 is 0 Å². The summed E-state index contributed by atoms with van der Waals surface area (Å²) in [6.45, 7) is 2.23. The van der Waals surface area contributed by atoms with Crippen LogP contribution in [-0.4, -0.2) is 48.2 Å². The highest BCUT2D eigenvalue weighted by atomic mass is 16.5. The fourth-order valence-electron chi connectivity index (χ4n) is 3.44. The van der Waals surface area contributed by atoms with Crippen molar-refractivity contribution in [3.05, 3.63) is 60.2 Å². The number of rotatable bonds is 6. The quantitative estimate of drug-likeness (QED) is 0.847. The van der Waals surface area contributed by atoms with Crippen LogP contribution in [0.5, 0.6) is 11.5 Å². The van der Waals surface area contributed by atoms with Crippen molar-refractivity contribution in [3.8, 4) is 11.5 Å². The van der Waals surface area contributed by atoms with Crippen molar-refractivity contribution < 1.29 is 24.2 Å². The van der Waals surface area contributed by atoms with E-state index in [0.29, 0.717) is 18.0 Å². The third kappa shape index (κ3) is 4.22. The van der Waals surface area contributed by atoms with Crippen LogP contribution in [-0.2, 0) is 9.59 Å². The van der Waals surface area contributed by atoms with Crippen LogP contribution in [0.1, 0.15) is 18.4 Å². The number of hydrogen-bond donors (Lipinski definition) is 1. The van der Waals surface area contributed by atoms with E-state index in [9.17, 15) is 14.7 Å². The van der Waals surface area contributed by atoms with E-state index in [4.69, 9.17) is 9.47 Å². The zero-order valence-electron chi connectivity index (χ0n) is 15.4. The fraction of sp³-hybridized carbons (Fsp3) is 0.333. The van der Waals surface area contributed by atoms with Crippen LogP contribution in [0, 0.1) is 5.92 Å². The second-order valence-electron chi connectivity index (χ2n) is 6.64. The van der Waals surface area contributed by atoms with Crippen LogP contribution < -0.4 is 9.47 Å². The Kier molecular flexibility index (Phi) is 5.64. The van der Waals surface area contributed by atoms with Crippen molar-refractivity contribution in [2.45, 2.75) is 18.9 Å². The summed E-state index contributed by atoms with van der Waals surface area (Å²) in [5, 5.41) is 9.59. The second kappa shape index (κ2) is 8.12. The van der Waals surface area contributed by atoms with Gasteiger partial charge in [-0.15, -0.1) is 0 Å². The Morgan fingerprint density at radius 1 is 1.04 bits per heavy atom. The molecule has 0 radical (unpaired) electrons. The van der Waals surface area contributed by atoms with Crippen LogP contribution in [0.25, 0.3) is 0 Å². The summed E-state index contributed by atoms with van der Waals surface area (Å²) in [5.41, 5.74) is 0.934. The molecule has 2 aromatic rings. The van der Waals surface area contributed by atoms with Crippen molar-refractivity contribution in [2.24, 2.45) is 5.92 Å². The molecule has 0 bridgehead atoms. The van der Waals surface area contributed by atoms with Gasteiger partial charge in [-0.2, -0.15) is 0 Å². The molecule has 0 saturated carbocycles. The van der Waals surface area contributed by atoms with Crippen LogP contribution in [0.4, 0.5) is 0 Å². The molecule has 0 aliphatic carbocycles. The molecule has 1 N–H and O–H groups in total. The summed E-state index contributed by atoms with van der Waals surface area (Å²) < 4.78 is 10.8. The van der Waals surface area contributed by atoms with Gasteiger partial charge in [-0.1, -0.05) is 30.3 Å². The Morgan fingerprint density at radius 3 is 2.26 bits per heavy atom. The number of ether oxygens (including phenoxy) is 2. The Balaban J connectivity index is 1.69. The summed E-state index contributed by atoms with van der Waals surface area (Å²) in [6, 6.07) is 16.5. The first-order valence-corrected chi connectivity index (χ1v) is 8.87. The van der Waals surface area contributed by atoms with Crippen molar-refractivity contribution in [3.63, 3.8) is 0 Å². The number of carboxylic acids is 1. The van der Waals surface area contributed by atoms with E-state index in [1.165, 1.54) is 0 Å². The van der Waals surface area contributed by atoms with E-state index in [0.717, 1.165) is 5.56 Å². The number of carbonyl (C=O) groups excluding carboxylic acids is 1. The van der Waals surface area contributed by atoms with Gasteiger partial charge in [-0.3, -0.25) is 9.59 Å². The SMILES string of the molecule is COc1ccc(OC(C)C(=O)N2C[C@H](C(=O)O)[C@H](c3ccccc3)C2)cc1. The minimum Gasteiger partial charge on any atom is -0.497 e. The average molecular weight is 369 g/mol. The lowest BCUT2D eigenvalue weighted by atomic mass is 9.89. The van der Waals surface area contributed by atoms with Crippen LogP contribution in [0.2, 0.25) is 0 Å². The maximum Gasteiger partial charge on any atom is 0.308 e. The summed E-state index contributed by atoms with van der Waals surface area (Å²) in [4.78, 5) is 26.1. The van der Waals surface area contributed by atoms with E-state index in [1.807, 2.05) is 30.3 Å². The molecule has 3 rings (SSSR count). The largest absolute Gasteiger partial charge is 0.497 e. The molecule has 1 saturated heterocycles. The summed E-state index contributed by atoms with van der Waals surface area (Å²) in [7, 11) is 1.58. The van der Waals surface area contributed by atoms with Gasteiger partial charge in [-0.25, -0.2) is 0 Å². The Bertz CT molecular complexity index is 790. The van der Waals surface area contributed by atoms with Crippen molar-refractivity contribution in [1.82, 2.24) is 4.90 Å². The van der Waals surface area contributed by atoms with Gasteiger partial charge < -0.3 is 19.5 Å². The van der Waals surface area contributed by atoms with Gasteiger partial charge >= 0.3 is 5.97 Å². The van der Waals surface area contributed by atoms with E-state index in [-0.39, 0.29) is 18.4 Å². The molecule has 1 aliphatic rings. The molecule has 1 aliphatic heterocycles. The smallest absolute Gasteiger partial charge is 0.308 e. The number of nitrogens with zero attached hydrogens (tertiary/aromatic N) is 1. The highest BCUT2D eigenvalue weighted by Gasteiger charge is 2.41. The molecule has 6 nitrogen and oxygen atoms in total. The second-order valence-corrected chi connectivity index (χ2v) is 6.64. The molecule has 3 atom stereocenters. The van der Waals surface area contributed by atoms with Gasteiger partial charge in [0.2, 0.25) is 0 Å².